The second-order valence-corrected chi connectivity index (χ2v) is 6.35. The summed E-state index contributed by atoms with van der Waals surface area (Å²) in [6, 6.07) is 9.66. The summed E-state index contributed by atoms with van der Waals surface area (Å²) in [6.45, 7) is 0.751. The third-order valence-electron chi connectivity index (χ3n) is 4.75. The van der Waals surface area contributed by atoms with Gasteiger partial charge in [-0.3, -0.25) is 9.78 Å². The maximum atomic E-state index is 12.4. The van der Waals surface area contributed by atoms with Gasteiger partial charge in [0.05, 0.1) is 12.7 Å². The molecule has 1 unspecified atom stereocenters. The Morgan fingerprint density at radius 1 is 1.15 bits per heavy atom. The number of carbonyl (C=O) groups excluding carboxylic acids is 1. The average Bonchev–Trinajstić information content (AvgIpc) is 3.29. The minimum atomic E-state index is -0.113. The minimum Gasteiger partial charge on any atom is -0.454 e. The molecule has 130 valence electrons. The van der Waals surface area contributed by atoms with Crippen LogP contribution in [0.2, 0.25) is 0 Å². The molecule has 0 saturated heterocycles. The number of nitrogens with zero attached hydrogens (tertiary/aromatic N) is 3. The van der Waals surface area contributed by atoms with Crippen molar-refractivity contribution in [3.8, 4) is 11.5 Å². The first-order chi connectivity index (χ1) is 12.8. The topological polar surface area (TPSA) is 78.3 Å². The number of para-hydroxylation sites is 1. The largest absolute Gasteiger partial charge is 0.454 e. The van der Waals surface area contributed by atoms with Crippen molar-refractivity contribution in [3.63, 3.8) is 0 Å². The molecule has 2 aromatic heterocycles. The van der Waals surface area contributed by atoms with Gasteiger partial charge in [0, 0.05) is 35.9 Å². The maximum absolute atomic E-state index is 12.4. The summed E-state index contributed by atoms with van der Waals surface area (Å²) in [7, 11) is 0. The van der Waals surface area contributed by atoms with E-state index < -0.39 is 0 Å². The van der Waals surface area contributed by atoms with Gasteiger partial charge in [0.2, 0.25) is 12.7 Å². The molecule has 7 heteroatoms. The number of pyridine rings is 1. The van der Waals surface area contributed by atoms with Crippen molar-refractivity contribution in [2.45, 2.75) is 18.9 Å². The minimum absolute atomic E-state index is 0.0352. The van der Waals surface area contributed by atoms with Gasteiger partial charge >= 0.3 is 0 Å². The van der Waals surface area contributed by atoms with Crippen molar-refractivity contribution in [1.82, 2.24) is 14.8 Å². The fourth-order valence-corrected chi connectivity index (χ4v) is 3.56. The van der Waals surface area contributed by atoms with Crippen LogP contribution in [0.3, 0.4) is 0 Å². The van der Waals surface area contributed by atoms with E-state index >= 15 is 0 Å². The highest BCUT2D eigenvalue weighted by Crippen LogP contribution is 2.45. The third-order valence-corrected chi connectivity index (χ3v) is 4.75. The average molecular weight is 348 g/mol. The first-order valence-corrected chi connectivity index (χ1v) is 8.42. The number of benzene rings is 1. The van der Waals surface area contributed by atoms with Crippen LogP contribution >= 0.6 is 0 Å². The van der Waals surface area contributed by atoms with E-state index in [1.807, 2.05) is 36.5 Å². The highest BCUT2D eigenvalue weighted by Gasteiger charge is 2.33. The molecule has 1 atom stereocenters. The van der Waals surface area contributed by atoms with Crippen LogP contribution in [0.25, 0.3) is 0 Å². The highest BCUT2D eigenvalue weighted by molar-refractivity contribution is 5.94. The number of carbonyl (C=O) groups is 1. The van der Waals surface area contributed by atoms with E-state index in [2.05, 4.69) is 15.4 Å². The van der Waals surface area contributed by atoms with Gasteiger partial charge in [-0.25, -0.2) is 4.68 Å². The van der Waals surface area contributed by atoms with E-state index in [0.717, 1.165) is 34.0 Å². The van der Waals surface area contributed by atoms with Gasteiger partial charge in [-0.15, -0.1) is 0 Å². The third kappa shape index (κ3) is 2.40. The monoisotopic (exact) mass is 348 g/mol. The molecule has 4 heterocycles. The van der Waals surface area contributed by atoms with Gasteiger partial charge in [0.1, 0.15) is 5.82 Å². The quantitative estimate of drug-likeness (QED) is 0.787. The molecule has 0 radical (unpaired) electrons. The summed E-state index contributed by atoms with van der Waals surface area (Å²) >= 11 is 0. The normalized spacial score (nSPS) is 17.7. The molecule has 26 heavy (non-hydrogen) atoms. The van der Waals surface area contributed by atoms with Crippen LogP contribution in [-0.2, 0) is 11.3 Å². The molecular formula is C19H16N4O3. The molecule has 0 bridgehead atoms. The number of amides is 1. The summed E-state index contributed by atoms with van der Waals surface area (Å²) in [4.78, 5) is 16.5. The number of hydrogen-bond acceptors (Lipinski definition) is 5. The molecule has 1 aromatic carbocycles. The van der Waals surface area contributed by atoms with Gasteiger partial charge in [0.15, 0.2) is 11.5 Å². The number of aromatic nitrogens is 3. The Labute approximate surface area is 149 Å². The van der Waals surface area contributed by atoms with Crippen LogP contribution in [0.15, 0.2) is 48.9 Å². The molecule has 0 fully saturated rings. The Morgan fingerprint density at radius 3 is 3.00 bits per heavy atom. The number of hydrogen-bond donors (Lipinski definition) is 1. The number of ether oxygens (including phenoxy) is 2. The van der Waals surface area contributed by atoms with E-state index in [4.69, 9.17) is 9.47 Å². The van der Waals surface area contributed by atoms with E-state index in [-0.39, 0.29) is 18.6 Å². The lowest BCUT2D eigenvalue weighted by Crippen LogP contribution is -2.25. The molecule has 2 aliphatic heterocycles. The second kappa shape index (κ2) is 5.87. The van der Waals surface area contributed by atoms with Crippen LogP contribution in [0, 0.1) is 0 Å². The Hall–Kier alpha value is -3.35. The Balaban J connectivity index is 1.56. The second-order valence-electron chi connectivity index (χ2n) is 6.35. The lowest BCUT2D eigenvalue weighted by atomic mass is 9.86. The van der Waals surface area contributed by atoms with Gasteiger partial charge < -0.3 is 14.8 Å². The fourth-order valence-electron chi connectivity index (χ4n) is 3.56. The van der Waals surface area contributed by atoms with E-state index in [1.165, 1.54) is 0 Å². The molecule has 0 aliphatic carbocycles. The Kier molecular flexibility index (Phi) is 3.38. The predicted molar refractivity (Wildman–Crippen MR) is 93.2 cm³/mol. The molecule has 0 saturated carbocycles. The molecule has 1 amide bonds. The van der Waals surface area contributed by atoms with Crippen molar-refractivity contribution >= 4 is 11.7 Å². The summed E-state index contributed by atoms with van der Waals surface area (Å²) < 4.78 is 12.9. The number of anilines is 1. The van der Waals surface area contributed by atoms with E-state index in [1.54, 1.807) is 17.1 Å². The van der Waals surface area contributed by atoms with Crippen LogP contribution < -0.4 is 14.8 Å². The molecular weight excluding hydrogens is 332 g/mol. The summed E-state index contributed by atoms with van der Waals surface area (Å²) in [5.74, 6) is 2.02. The first-order valence-electron chi connectivity index (χ1n) is 8.42. The zero-order valence-corrected chi connectivity index (χ0v) is 13.9. The van der Waals surface area contributed by atoms with Gasteiger partial charge in [-0.05, 0) is 17.7 Å². The highest BCUT2D eigenvalue weighted by atomic mass is 16.7. The molecule has 1 N–H and O–H groups in total. The van der Waals surface area contributed by atoms with E-state index in [9.17, 15) is 4.79 Å². The summed E-state index contributed by atoms with van der Waals surface area (Å²) in [5, 5.41) is 7.46. The number of fused-ring (bicyclic) bond motifs is 2. The van der Waals surface area contributed by atoms with Crippen molar-refractivity contribution in [2.24, 2.45) is 0 Å². The van der Waals surface area contributed by atoms with Crippen LogP contribution in [0.1, 0.15) is 29.0 Å². The fraction of sp³-hybridized carbons (Fsp3) is 0.211. The van der Waals surface area contributed by atoms with Gasteiger partial charge in [0.25, 0.3) is 0 Å². The zero-order valence-electron chi connectivity index (χ0n) is 13.9. The molecule has 3 aromatic rings. The number of rotatable bonds is 3. The van der Waals surface area contributed by atoms with E-state index in [0.29, 0.717) is 13.0 Å². The van der Waals surface area contributed by atoms with Crippen LogP contribution in [0.4, 0.5) is 5.82 Å². The van der Waals surface area contributed by atoms with Crippen LogP contribution in [-0.4, -0.2) is 27.5 Å². The van der Waals surface area contributed by atoms with Crippen molar-refractivity contribution in [1.29, 1.82) is 0 Å². The molecule has 7 nitrogen and oxygen atoms in total. The lowest BCUT2D eigenvalue weighted by Gasteiger charge is -2.24. The summed E-state index contributed by atoms with van der Waals surface area (Å²) in [6.07, 6.45) is 5.71. The van der Waals surface area contributed by atoms with Crippen molar-refractivity contribution in [2.75, 3.05) is 12.1 Å². The van der Waals surface area contributed by atoms with Gasteiger partial charge in [-0.1, -0.05) is 18.2 Å². The Bertz CT molecular complexity index is 984. The molecule has 0 spiro atoms. The lowest BCUT2D eigenvalue weighted by molar-refractivity contribution is -0.116. The smallest absolute Gasteiger partial charge is 0.231 e. The van der Waals surface area contributed by atoms with Crippen molar-refractivity contribution < 1.29 is 14.3 Å². The number of nitrogens with one attached hydrogen (secondary N) is 1. The summed E-state index contributed by atoms with van der Waals surface area (Å²) in [5.41, 5.74) is 2.96. The molecule has 2 aliphatic rings. The maximum Gasteiger partial charge on any atom is 0.231 e. The first kappa shape index (κ1) is 14.9. The molecule has 5 rings (SSSR count). The Morgan fingerprint density at radius 2 is 2.12 bits per heavy atom. The SMILES string of the molecule is O=C1CC(c2cccc3c2OCO3)c2cnn(Cc3cccnc3)c2N1. The van der Waals surface area contributed by atoms with Crippen molar-refractivity contribution in [3.05, 3.63) is 65.6 Å². The zero-order chi connectivity index (χ0) is 17.5. The van der Waals surface area contributed by atoms with Gasteiger partial charge in [-0.2, -0.15) is 5.10 Å². The predicted octanol–water partition coefficient (Wildman–Crippen LogP) is 2.53. The van der Waals surface area contributed by atoms with Crippen LogP contribution in [0.5, 0.6) is 11.5 Å². The standard InChI is InChI=1S/C19H16N4O3/c24-17-7-14(13-4-1-5-16-18(13)26-11-25-16)15-9-21-23(19(15)22-17)10-12-3-2-6-20-8-12/h1-6,8-9,14H,7,10-11H2,(H,22,24).